The Morgan fingerprint density at radius 2 is 2.00 bits per heavy atom. The number of rotatable bonds is 5. The molecule has 0 radical (unpaired) electrons. The van der Waals surface area contributed by atoms with Crippen LogP contribution in [0.4, 0.5) is 10.1 Å². The molecule has 0 aromatic heterocycles. The van der Waals surface area contributed by atoms with Crippen molar-refractivity contribution in [3.8, 4) is 5.75 Å². The van der Waals surface area contributed by atoms with Gasteiger partial charge in [0.1, 0.15) is 18.2 Å². The predicted octanol–water partition coefficient (Wildman–Crippen LogP) is 5.22. The molecule has 36 heavy (non-hydrogen) atoms. The summed E-state index contributed by atoms with van der Waals surface area (Å²) in [6.07, 6.45) is 1.58. The minimum absolute atomic E-state index is 0.116. The van der Waals surface area contributed by atoms with E-state index >= 15 is 0 Å². The standard InChI is InChI=1S/C27H23BrFN3O4/c28-17-10-11-23(36-15-16-5-3-6-18(29)13-16)19(14-17)24-22-9-4-12-31(22)27(25(24)32(34)35)20-7-1-2-8-21(20)30-26(27)33/h1-3,5-8,10-11,13-14,22,24-25H,4,9,12,15H2,(H,30,33)/t22-,24+,25+,27-/m0/s1. The van der Waals surface area contributed by atoms with Crippen LogP contribution >= 0.6 is 15.9 Å². The van der Waals surface area contributed by atoms with Crippen molar-refractivity contribution in [3.05, 3.63) is 104 Å². The third-order valence-electron chi connectivity index (χ3n) is 7.71. The Morgan fingerprint density at radius 1 is 1.17 bits per heavy atom. The third-order valence-corrected chi connectivity index (χ3v) is 8.20. The molecule has 3 heterocycles. The van der Waals surface area contributed by atoms with E-state index in [2.05, 4.69) is 21.2 Å². The average Bonchev–Trinajstić information content (AvgIpc) is 3.51. The zero-order chi connectivity index (χ0) is 25.0. The van der Waals surface area contributed by atoms with E-state index in [0.29, 0.717) is 34.7 Å². The van der Waals surface area contributed by atoms with E-state index in [9.17, 15) is 19.3 Å². The van der Waals surface area contributed by atoms with E-state index < -0.39 is 17.5 Å². The number of hydrogen-bond donors (Lipinski definition) is 1. The van der Waals surface area contributed by atoms with Crippen molar-refractivity contribution in [2.45, 2.75) is 43.0 Å². The highest BCUT2D eigenvalue weighted by Gasteiger charge is 2.73. The van der Waals surface area contributed by atoms with Gasteiger partial charge in [-0.25, -0.2) is 4.39 Å². The molecule has 2 saturated heterocycles. The Balaban J connectivity index is 1.48. The fourth-order valence-electron chi connectivity index (χ4n) is 6.45. The molecule has 1 spiro atoms. The molecule has 1 amide bonds. The van der Waals surface area contributed by atoms with E-state index in [1.165, 1.54) is 12.1 Å². The number of amides is 1. The molecule has 184 valence electrons. The van der Waals surface area contributed by atoms with Crippen molar-refractivity contribution < 1.29 is 18.8 Å². The van der Waals surface area contributed by atoms with Crippen LogP contribution in [0.5, 0.6) is 5.75 Å². The van der Waals surface area contributed by atoms with Gasteiger partial charge in [-0.2, -0.15) is 0 Å². The van der Waals surface area contributed by atoms with Gasteiger partial charge in [0.2, 0.25) is 0 Å². The summed E-state index contributed by atoms with van der Waals surface area (Å²) in [7, 11) is 0. The Hall–Kier alpha value is -3.30. The smallest absolute Gasteiger partial charge is 0.256 e. The van der Waals surface area contributed by atoms with Gasteiger partial charge in [-0.15, -0.1) is 0 Å². The molecule has 4 atom stereocenters. The molecule has 0 unspecified atom stereocenters. The van der Waals surface area contributed by atoms with Crippen molar-refractivity contribution >= 4 is 27.5 Å². The quantitative estimate of drug-likeness (QED) is 0.347. The lowest BCUT2D eigenvalue weighted by Gasteiger charge is -2.32. The second kappa shape index (κ2) is 8.67. The van der Waals surface area contributed by atoms with Crippen LogP contribution in [-0.2, 0) is 16.9 Å². The lowest BCUT2D eigenvalue weighted by Crippen LogP contribution is -2.55. The zero-order valence-electron chi connectivity index (χ0n) is 19.2. The van der Waals surface area contributed by atoms with Crippen LogP contribution in [0.2, 0.25) is 0 Å². The van der Waals surface area contributed by atoms with Crippen LogP contribution in [-0.4, -0.2) is 34.4 Å². The molecule has 0 saturated carbocycles. The number of nitrogens with one attached hydrogen (secondary N) is 1. The topological polar surface area (TPSA) is 84.7 Å². The number of fused-ring (bicyclic) bond motifs is 4. The molecule has 9 heteroatoms. The summed E-state index contributed by atoms with van der Waals surface area (Å²) in [5.74, 6) is -0.794. The molecule has 1 N–H and O–H groups in total. The van der Waals surface area contributed by atoms with Gasteiger partial charge in [-0.3, -0.25) is 19.8 Å². The summed E-state index contributed by atoms with van der Waals surface area (Å²) in [6.45, 7) is 0.714. The second-order valence-corrected chi connectivity index (χ2v) is 10.4. The normalized spacial score (nSPS) is 26.6. The predicted molar refractivity (Wildman–Crippen MR) is 135 cm³/mol. The van der Waals surface area contributed by atoms with Crippen LogP contribution in [0.25, 0.3) is 0 Å². The monoisotopic (exact) mass is 551 g/mol. The molecule has 3 aliphatic rings. The molecule has 3 aromatic carbocycles. The number of halogens is 2. The molecule has 3 aliphatic heterocycles. The molecule has 6 rings (SSSR count). The Bertz CT molecular complexity index is 1380. The summed E-state index contributed by atoms with van der Waals surface area (Å²) in [5.41, 5.74) is 1.21. The summed E-state index contributed by atoms with van der Waals surface area (Å²) < 4.78 is 20.6. The van der Waals surface area contributed by atoms with E-state index in [-0.39, 0.29) is 29.3 Å². The Kier molecular flexibility index (Phi) is 5.57. The lowest BCUT2D eigenvalue weighted by atomic mass is 9.77. The first-order valence-electron chi connectivity index (χ1n) is 11.9. The fraction of sp³-hybridized carbons (Fsp3) is 0.296. The second-order valence-electron chi connectivity index (χ2n) is 9.53. The van der Waals surface area contributed by atoms with Crippen LogP contribution in [0.1, 0.15) is 35.4 Å². The number of para-hydroxylation sites is 1. The summed E-state index contributed by atoms with van der Waals surface area (Å²) in [4.78, 5) is 28.3. The van der Waals surface area contributed by atoms with Gasteiger partial charge < -0.3 is 10.1 Å². The van der Waals surface area contributed by atoms with Gasteiger partial charge in [0.15, 0.2) is 5.54 Å². The van der Waals surface area contributed by atoms with Gasteiger partial charge in [-0.05, 0) is 54.8 Å². The van der Waals surface area contributed by atoms with Crippen LogP contribution in [0, 0.1) is 15.9 Å². The summed E-state index contributed by atoms with van der Waals surface area (Å²) in [5, 5.41) is 15.8. The SMILES string of the molecule is O=C1Nc2ccccc2[C@]12[C@H]([N+](=O)[O-])[C@H](c1cc(Br)ccc1OCc1cccc(F)c1)[C@@H]1CCCN12. The number of carbonyl (C=O) groups excluding carboxylic acids is 1. The van der Waals surface area contributed by atoms with Gasteiger partial charge in [0.05, 0.1) is 5.92 Å². The highest BCUT2D eigenvalue weighted by Crippen LogP contribution is 2.59. The number of anilines is 1. The molecular formula is C27H23BrFN3O4. The summed E-state index contributed by atoms with van der Waals surface area (Å²) in [6, 6.07) is 17.5. The van der Waals surface area contributed by atoms with E-state index in [4.69, 9.17) is 4.74 Å². The van der Waals surface area contributed by atoms with Crippen molar-refractivity contribution in [2.75, 3.05) is 11.9 Å². The minimum Gasteiger partial charge on any atom is -0.489 e. The maximum Gasteiger partial charge on any atom is 0.256 e. The number of carbonyl (C=O) groups is 1. The van der Waals surface area contributed by atoms with Crippen LogP contribution in [0.3, 0.4) is 0 Å². The molecule has 3 aromatic rings. The molecule has 2 fully saturated rings. The fourth-order valence-corrected chi connectivity index (χ4v) is 6.83. The van der Waals surface area contributed by atoms with Crippen LogP contribution < -0.4 is 10.1 Å². The lowest BCUT2D eigenvalue weighted by molar-refractivity contribution is -0.534. The molecular weight excluding hydrogens is 529 g/mol. The van der Waals surface area contributed by atoms with Crippen molar-refractivity contribution in [3.63, 3.8) is 0 Å². The highest BCUT2D eigenvalue weighted by atomic mass is 79.9. The molecule has 0 aliphatic carbocycles. The highest BCUT2D eigenvalue weighted by molar-refractivity contribution is 9.10. The third kappa shape index (κ3) is 3.37. The first-order chi connectivity index (χ1) is 17.4. The van der Waals surface area contributed by atoms with Crippen molar-refractivity contribution in [1.82, 2.24) is 4.90 Å². The maximum absolute atomic E-state index is 13.7. The van der Waals surface area contributed by atoms with Gasteiger partial charge in [-0.1, -0.05) is 46.3 Å². The number of nitro groups is 1. The van der Waals surface area contributed by atoms with Gasteiger partial charge in [0.25, 0.3) is 11.9 Å². The number of nitrogens with zero attached hydrogens (tertiary/aromatic N) is 2. The van der Waals surface area contributed by atoms with E-state index in [1.54, 1.807) is 24.3 Å². The minimum atomic E-state index is -1.39. The summed E-state index contributed by atoms with van der Waals surface area (Å²) >= 11 is 3.52. The Morgan fingerprint density at radius 3 is 2.81 bits per heavy atom. The van der Waals surface area contributed by atoms with Crippen molar-refractivity contribution in [1.29, 1.82) is 0 Å². The first kappa shape index (κ1) is 23.1. The first-order valence-corrected chi connectivity index (χ1v) is 12.7. The zero-order valence-corrected chi connectivity index (χ0v) is 20.8. The van der Waals surface area contributed by atoms with Gasteiger partial charge in [0, 0.05) is 38.8 Å². The Labute approximate surface area is 215 Å². The number of benzene rings is 3. The van der Waals surface area contributed by atoms with Crippen molar-refractivity contribution in [2.24, 2.45) is 0 Å². The maximum atomic E-state index is 13.7. The van der Waals surface area contributed by atoms with E-state index in [0.717, 1.165) is 17.3 Å². The molecule has 7 nitrogen and oxygen atoms in total. The van der Waals surface area contributed by atoms with E-state index in [1.807, 2.05) is 35.2 Å². The largest absolute Gasteiger partial charge is 0.489 e. The molecule has 0 bridgehead atoms. The number of ether oxygens (including phenoxy) is 1. The van der Waals surface area contributed by atoms with Gasteiger partial charge >= 0.3 is 0 Å². The average molecular weight is 552 g/mol. The van der Waals surface area contributed by atoms with Crippen LogP contribution in [0.15, 0.2) is 71.2 Å². The number of hydrogen-bond acceptors (Lipinski definition) is 5.